The highest BCUT2D eigenvalue weighted by molar-refractivity contribution is 6.09. The lowest BCUT2D eigenvalue weighted by Gasteiger charge is -2.69. The van der Waals surface area contributed by atoms with Gasteiger partial charge in [-0.1, -0.05) is 46.8 Å². The molecule has 1 aromatic carbocycles. The van der Waals surface area contributed by atoms with Crippen molar-refractivity contribution in [1.29, 1.82) is 0 Å². The molecule has 4 rings (SSSR count). The van der Waals surface area contributed by atoms with Crippen molar-refractivity contribution in [3.05, 3.63) is 28.8 Å². The Bertz CT molecular complexity index is 1130. The number of phenols is 1. The second kappa shape index (κ2) is 7.59. The first-order valence-electron chi connectivity index (χ1n) is 12.0. The molecule has 1 amide bonds. The van der Waals surface area contributed by atoms with Gasteiger partial charge in [-0.05, 0) is 35.8 Å². The number of aryl methyl sites for hydroxylation is 1. The van der Waals surface area contributed by atoms with Crippen molar-refractivity contribution in [1.82, 2.24) is 0 Å². The fourth-order valence-electron chi connectivity index (χ4n) is 7.86. The molecule has 3 aliphatic carbocycles. The van der Waals surface area contributed by atoms with Gasteiger partial charge in [0.05, 0.1) is 23.7 Å². The number of amides is 1. The van der Waals surface area contributed by atoms with E-state index in [2.05, 4.69) is 0 Å². The summed E-state index contributed by atoms with van der Waals surface area (Å²) in [6.07, 6.45) is -5.21. The smallest absolute Gasteiger partial charge is 0.230 e. The summed E-state index contributed by atoms with van der Waals surface area (Å²) in [5, 5.41) is 57.7. The maximum absolute atomic E-state index is 13.9. The Hall–Kier alpha value is -2.33. The standard InChI is InChI=1S/C26H35NO8/c1-9(2)15-19(30)14(22(27)33)20(31)26(35)21(32)16-18(29)13-12(8-7-10(3)17(13)28)11(4)24(16,5)23(34)25(15,26)6/h7-9,11,14-16,19,21,23,28,30,32,34-35H,1-6H3,(H2,27,33)/t11-,14-,15+,16-,19?,21?,23-,24+,25+,26+/m1/s1. The van der Waals surface area contributed by atoms with Crippen LogP contribution in [0.25, 0.3) is 0 Å². The van der Waals surface area contributed by atoms with Crippen LogP contribution in [-0.2, 0) is 9.59 Å². The first-order valence-corrected chi connectivity index (χ1v) is 12.0. The summed E-state index contributed by atoms with van der Waals surface area (Å²) < 4.78 is 0. The number of nitrogens with two attached hydrogens (primary N) is 1. The molecule has 2 unspecified atom stereocenters. The predicted octanol–water partition coefficient (Wildman–Crippen LogP) is 0.413. The Morgan fingerprint density at radius 1 is 1.11 bits per heavy atom. The molecule has 0 heterocycles. The molecule has 0 aromatic heterocycles. The van der Waals surface area contributed by atoms with Gasteiger partial charge in [-0.15, -0.1) is 0 Å². The number of ketones is 2. The molecule has 192 valence electrons. The molecule has 0 spiro atoms. The lowest BCUT2D eigenvalue weighted by atomic mass is 9.36. The van der Waals surface area contributed by atoms with Crippen LogP contribution in [0.1, 0.15) is 62.0 Å². The number of fused-ring (bicyclic) bond motifs is 3. The predicted molar refractivity (Wildman–Crippen MR) is 124 cm³/mol. The SMILES string of the molecule is Cc1ccc2c(c1O)C(=O)[C@@H]1C(O)[C@@]3(O)C(=O)[C@H](C(N)=O)C(O)[C@H](C(C)C)[C@@]3(C)[C@H](O)[C@@]1(C)[C@@H]2C. The minimum atomic E-state index is -2.77. The zero-order valence-corrected chi connectivity index (χ0v) is 20.8. The summed E-state index contributed by atoms with van der Waals surface area (Å²) >= 11 is 0. The maximum atomic E-state index is 13.9. The Balaban J connectivity index is 2.06. The molecular formula is C26H35NO8. The third-order valence-electron chi connectivity index (χ3n) is 9.82. The van der Waals surface area contributed by atoms with E-state index in [0.29, 0.717) is 11.1 Å². The molecule has 9 heteroatoms. The van der Waals surface area contributed by atoms with Crippen molar-refractivity contribution < 1.29 is 39.9 Å². The van der Waals surface area contributed by atoms with E-state index in [1.807, 2.05) is 0 Å². The minimum absolute atomic E-state index is 0.0198. The molecule has 2 fully saturated rings. The van der Waals surface area contributed by atoms with Gasteiger partial charge in [-0.3, -0.25) is 14.4 Å². The summed E-state index contributed by atoms with van der Waals surface area (Å²) in [5.41, 5.74) is 0.349. The molecule has 0 saturated heterocycles. The summed E-state index contributed by atoms with van der Waals surface area (Å²) in [6.45, 7) is 9.85. The molecule has 7 N–H and O–H groups in total. The van der Waals surface area contributed by atoms with Crippen molar-refractivity contribution in [2.75, 3.05) is 0 Å². The Morgan fingerprint density at radius 3 is 2.20 bits per heavy atom. The summed E-state index contributed by atoms with van der Waals surface area (Å²) in [6, 6.07) is 3.36. The zero-order chi connectivity index (χ0) is 26.6. The molecule has 10 atom stereocenters. The van der Waals surface area contributed by atoms with E-state index in [0.717, 1.165) is 0 Å². The number of carbonyl (C=O) groups excluding carboxylic acids is 3. The van der Waals surface area contributed by atoms with Gasteiger partial charge in [0.2, 0.25) is 5.91 Å². The first kappa shape index (κ1) is 25.8. The number of benzene rings is 1. The molecule has 1 aromatic rings. The van der Waals surface area contributed by atoms with Gasteiger partial charge < -0.3 is 31.3 Å². The highest BCUT2D eigenvalue weighted by atomic mass is 16.4. The number of aliphatic hydroxyl groups is 4. The highest BCUT2D eigenvalue weighted by Crippen LogP contribution is 2.68. The number of hydrogen-bond donors (Lipinski definition) is 6. The van der Waals surface area contributed by atoms with E-state index in [1.165, 1.54) is 6.92 Å². The van der Waals surface area contributed by atoms with E-state index in [1.54, 1.807) is 46.8 Å². The van der Waals surface area contributed by atoms with Crippen LogP contribution in [0.3, 0.4) is 0 Å². The van der Waals surface area contributed by atoms with Crippen LogP contribution < -0.4 is 5.73 Å². The zero-order valence-electron chi connectivity index (χ0n) is 20.8. The van der Waals surface area contributed by atoms with Crippen LogP contribution in [0.4, 0.5) is 0 Å². The van der Waals surface area contributed by atoms with Crippen LogP contribution in [0, 0.1) is 41.4 Å². The van der Waals surface area contributed by atoms with E-state index >= 15 is 0 Å². The third kappa shape index (κ3) is 2.70. The van der Waals surface area contributed by atoms with Crippen molar-refractivity contribution in [2.24, 2.45) is 40.2 Å². The Morgan fingerprint density at radius 2 is 1.69 bits per heavy atom. The molecule has 0 bridgehead atoms. The lowest BCUT2D eigenvalue weighted by molar-refractivity contribution is -0.306. The van der Waals surface area contributed by atoms with Crippen molar-refractivity contribution in [3.8, 4) is 5.75 Å². The monoisotopic (exact) mass is 489 g/mol. The minimum Gasteiger partial charge on any atom is -0.507 e. The average molecular weight is 490 g/mol. The number of phenolic OH excluding ortho intramolecular Hbond substituents is 1. The number of rotatable bonds is 2. The topological polar surface area (TPSA) is 178 Å². The van der Waals surface area contributed by atoms with Gasteiger partial charge in [-0.2, -0.15) is 0 Å². The molecule has 2 saturated carbocycles. The quantitative estimate of drug-likeness (QED) is 0.323. The maximum Gasteiger partial charge on any atom is 0.230 e. The third-order valence-corrected chi connectivity index (χ3v) is 9.82. The first-order chi connectivity index (χ1) is 16.0. The Labute approximate surface area is 204 Å². The van der Waals surface area contributed by atoms with Gasteiger partial charge in [0.15, 0.2) is 17.2 Å². The Kier molecular flexibility index (Phi) is 5.58. The van der Waals surface area contributed by atoms with E-state index < -0.39 is 81.8 Å². The number of carbonyl (C=O) groups is 3. The van der Waals surface area contributed by atoms with Gasteiger partial charge >= 0.3 is 0 Å². The summed E-state index contributed by atoms with van der Waals surface area (Å²) in [7, 11) is 0. The number of Topliss-reactive ketones (excluding diaryl/α,β-unsaturated/α-hetero) is 2. The fraction of sp³-hybridized carbons (Fsp3) is 0.654. The number of aliphatic hydroxyl groups excluding tert-OH is 3. The number of aromatic hydroxyl groups is 1. The fourth-order valence-corrected chi connectivity index (χ4v) is 7.86. The van der Waals surface area contributed by atoms with Gasteiger partial charge in [0.1, 0.15) is 17.8 Å². The molecule has 35 heavy (non-hydrogen) atoms. The second-order valence-electron chi connectivity index (χ2n) is 11.5. The highest BCUT2D eigenvalue weighted by Gasteiger charge is 2.80. The molecule has 3 aliphatic rings. The van der Waals surface area contributed by atoms with Gasteiger partial charge in [-0.25, -0.2) is 0 Å². The van der Waals surface area contributed by atoms with Crippen LogP contribution in [-0.4, -0.2) is 66.9 Å². The van der Waals surface area contributed by atoms with Crippen LogP contribution in [0.15, 0.2) is 12.1 Å². The van der Waals surface area contributed by atoms with Crippen LogP contribution in [0.2, 0.25) is 0 Å². The lowest BCUT2D eigenvalue weighted by Crippen LogP contribution is -2.83. The number of primary amides is 1. The van der Waals surface area contributed by atoms with Crippen molar-refractivity contribution >= 4 is 17.5 Å². The van der Waals surface area contributed by atoms with Crippen molar-refractivity contribution in [2.45, 2.75) is 71.4 Å². The van der Waals surface area contributed by atoms with Crippen molar-refractivity contribution in [3.63, 3.8) is 0 Å². The normalized spacial score (nSPS) is 45.1. The van der Waals surface area contributed by atoms with Crippen LogP contribution >= 0.6 is 0 Å². The van der Waals surface area contributed by atoms with Crippen LogP contribution in [0.5, 0.6) is 5.75 Å². The molecule has 0 aliphatic heterocycles. The summed E-state index contributed by atoms with van der Waals surface area (Å²) in [4.78, 5) is 39.8. The van der Waals surface area contributed by atoms with Gasteiger partial charge in [0, 0.05) is 10.8 Å². The van der Waals surface area contributed by atoms with E-state index in [4.69, 9.17) is 5.73 Å². The number of hydrogen-bond acceptors (Lipinski definition) is 8. The largest absolute Gasteiger partial charge is 0.507 e. The second-order valence-corrected chi connectivity index (χ2v) is 11.5. The van der Waals surface area contributed by atoms with Gasteiger partial charge in [0.25, 0.3) is 0 Å². The van der Waals surface area contributed by atoms with E-state index in [9.17, 15) is 39.9 Å². The summed E-state index contributed by atoms with van der Waals surface area (Å²) in [5.74, 6) is -8.73. The average Bonchev–Trinajstić information content (AvgIpc) is 2.75. The molecular weight excluding hydrogens is 454 g/mol. The molecule has 9 nitrogen and oxygen atoms in total. The molecule has 0 radical (unpaired) electrons. The van der Waals surface area contributed by atoms with E-state index in [-0.39, 0.29) is 11.3 Å².